The van der Waals surface area contributed by atoms with E-state index in [1.165, 1.54) is 12.4 Å². The number of nitrogens with two attached hydrogens (primary N) is 1. The minimum atomic E-state index is -0.260. The number of nitrogens with zero attached hydrogens (tertiary/aromatic N) is 4. The fourth-order valence-corrected chi connectivity index (χ4v) is 3.06. The molecule has 7 nitrogen and oxygen atoms in total. The molecule has 2 heterocycles. The van der Waals surface area contributed by atoms with Gasteiger partial charge in [0.05, 0.1) is 12.6 Å². The van der Waals surface area contributed by atoms with Gasteiger partial charge in [-0.25, -0.2) is 9.97 Å². The summed E-state index contributed by atoms with van der Waals surface area (Å²) in [4.78, 5) is 26.1. The van der Waals surface area contributed by atoms with Gasteiger partial charge in [-0.15, -0.1) is 0 Å². The second kappa shape index (κ2) is 7.58. The van der Waals surface area contributed by atoms with Gasteiger partial charge >= 0.3 is 0 Å². The second-order valence-corrected chi connectivity index (χ2v) is 6.06. The van der Waals surface area contributed by atoms with Crippen LogP contribution in [0.3, 0.4) is 0 Å². The Morgan fingerprint density at radius 1 is 1.40 bits per heavy atom. The summed E-state index contributed by atoms with van der Waals surface area (Å²) in [5.74, 6) is 0.418. The van der Waals surface area contributed by atoms with Gasteiger partial charge in [0.15, 0.2) is 5.82 Å². The van der Waals surface area contributed by atoms with Crippen molar-refractivity contribution in [2.45, 2.75) is 12.5 Å². The van der Waals surface area contributed by atoms with Crippen LogP contribution in [0.2, 0.25) is 5.02 Å². The summed E-state index contributed by atoms with van der Waals surface area (Å²) >= 11 is 6.29. The Bertz CT molecular complexity index is 798. The molecule has 3 rings (SSSR count). The van der Waals surface area contributed by atoms with Crippen LogP contribution in [0.4, 0.5) is 5.95 Å². The predicted octanol–water partition coefficient (Wildman–Crippen LogP) is 2.25. The normalized spacial score (nSPS) is 17.8. The van der Waals surface area contributed by atoms with E-state index >= 15 is 0 Å². The van der Waals surface area contributed by atoms with Crippen LogP contribution < -0.4 is 5.73 Å². The van der Waals surface area contributed by atoms with Gasteiger partial charge < -0.3 is 15.4 Å². The Hall–Kier alpha value is -2.51. The van der Waals surface area contributed by atoms with Crippen LogP contribution >= 0.6 is 11.6 Å². The maximum Gasteiger partial charge on any atom is 0.246 e. The molecule has 1 fully saturated rings. The Morgan fingerprint density at radius 2 is 2.24 bits per heavy atom. The first kappa shape index (κ1) is 17.3. The molecule has 130 valence electrons. The molecule has 2 aromatic rings. The number of carbonyl (C=O) groups is 1. The summed E-state index contributed by atoms with van der Waals surface area (Å²) < 4.78 is 5.66. The summed E-state index contributed by atoms with van der Waals surface area (Å²) in [5, 5.41) is 0.515. The van der Waals surface area contributed by atoms with Crippen molar-refractivity contribution in [1.82, 2.24) is 19.9 Å². The van der Waals surface area contributed by atoms with Crippen LogP contribution in [0, 0.1) is 0 Å². The topological polar surface area (TPSA) is 94.2 Å². The zero-order valence-electron chi connectivity index (χ0n) is 13.6. The molecule has 1 aliphatic heterocycles. The summed E-state index contributed by atoms with van der Waals surface area (Å²) in [6.07, 6.45) is 3.44. The van der Waals surface area contributed by atoms with Crippen LogP contribution in [0.5, 0.6) is 0 Å². The van der Waals surface area contributed by atoms with Gasteiger partial charge in [-0.3, -0.25) is 4.79 Å². The van der Waals surface area contributed by atoms with Crippen molar-refractivity contribution >= 4 is 23.5 Å². The molecule has 1 unspecified atom stereocenters. The minimum Gasteiger partial charge on any atom is -0.379 e. The molecule has 1 saturated heterocycles. The molecule has 1 atom stereocenters. The molecule has 0 bridgehead atoms. The number of anilines is 1. The molecule has 1 aromatic heterocycles. The highest BCUT2D eigenvalue weighted by Crippen LogP contribution is 2.30. The average molecular weight is 360 g/mol. The van der Waals surface area contributed by atoms with Crippen LogP contribution in [-0.4, -0.2) is 45.5 Å². The third-order valence-electron chi connectivity index (χ3n) is 3.95. The van der Waals surface area contributed by atoms with Gasteiger partial charge in [-0.2, -0.15) is 4.98 Å². The molecule has 0 radical (unpaired) electrons. The third kappa shape index (κ3) is 3.94. The van der Waals surface area contributed by atoms with Gasteiger partial charge in [-0.1, -0.05) is 18.2 Å². The van der Waals surface area contributed by atoms with Gasteiger partial charge in [-0.05, 0) is 36.3 Å². The average Bonchev–Trinajstić information content (AvgIpc) is 2.86. The van der Waals surface area contributed by atoms with Crippen molar-refractivity contribution in [3.05, 3.63) is 47.8 Å². The van der Waals surface area contributed by atoms with Crippen molar-refractivity contribution in [3.63, 3.8) is 0 Å². The summed E-state index contributed by atoms with van der Waals surface area (Å²) in [5.41, 5.74) is 7.18. The molecule has 1 aromatic carbocycles. The zero-order valence-corrected chi connectivity index (χ0v) is 14.3. The Labute approximate surface area is 150 Å². The molecule has 8 heteroatoms. The van der Waals surface area contributed by atoms with Crippen molar-refractivity contribution in [2.75, 3.05) is 25.5 Å². The molecule has 0 spiro atoms. The molecular weight excluding hydrogens is 342 g/mol. The standard InChI is InChI=1S/C17H18ClN5O2/c1-2-15(24)23-4-3-5-25-9-14(23)11-6-12(8-13(18)7-11)16-20-10-21-17(19)22-16/h2,6-8,10,14H,1,3-5,9H2,(H2,19,20,21,22). The van der Waals surface area contributed by atoms with E-state index in [1.54, 1.807) is 11.0 Å². The van der Waals surface area contributed by atoms with Crippen molar-refractivity contribution in [1.29, 1.82) is 0 Å². The smallest absolute Gasteiger partial charge is 0.246 e. The van der Waals surface area contributed by atoms with E-state index in [9.17, 15) is 4.79 Å². The van der Waals surface area contributed by atoms with Crippen molar-refractivity contribution in [3.8, 4) is 11.4 Å². The summed E-state index contributed by atoms with van der Waals surface area (Å²) in [6, 6.07) is 5.20. The highest BCUT2D eigenvalue weighted by atomic mass is 35.5. The summed E-state index contributed by atoms with van der Waals surface area (Å²) in [7, 11) is 0. The van der Waals surface area contributed by atoms with Crippen LogP contribution in [0.1, 0.15) is 18.0 Å². The lowest BCUT2D eigenvalue weighted by molar-refractivity contribution is -0.128. The number of halogens is 1. The number of aromatic nitrogens is 3. The molecule has 25 heavy (non-hydrogen) atoms. The number of nitrogen functional groups attached to an aromatic ring is 1. The highest BCUT2D eigenvalue weighted by Gasteiger charge is 2.26. The number of benzene rings is 1. The maximum atomic E-state index is 12.3. The zero-order chi connectivity index (χ0) is 17.8. The fraction of sp³-hybridized carbons (Fsp3) is 0.294. The monoisotopic (exact) mass is 359 g/mol. The third-order valence-corrected chi connectivity index (χ3v) is 4.17. The first-order valence-electron chi connectivity index (χ1n) is 7.84. The largest absolute Gasteiger partial charge is 0.379 e. The Morgan fingerprint density at radius 3 is 3.00 bits per heavy atom. The molecule has 0 aliphatic carbocycles. The number of amides is 1. The minimum absolute atomic E-state index is 0.132. The van der Waals surface area contributed by atoms with E-state index < -0.39 is 0 Å². The quantitative estimate of drug-likeness (QED) is 0.845. The van der Waals surface area contributed by atoms with Crippen LogP contribution in [0.15, 0.2) is 37.2 Å². The molecule has 1 amide bonds. The van der Waals surface area contributed by atoms with Crippen molar-refractivity contribution in [2.24, 2.45) is 0 Å². The summed E-state index contributed by atoms with van der Waals surface area (Å²) in [6.45, 7) is 5.17. The molecule has 0 saturated carbocycles. The number of hydrogen-bond donors (Lipinski definition) is 1. The first-order chi connectivity index (χ1) is 12.1. The SMILES string of the molecule is C=CC(=O)N1CCCOCC1c1cc(Cl)cc(-c2ncnc(N)n2)c1. The van der Waals surface area contributed by atoms with E-state index in [-0.39, 0.29) is 17.9 Å². The van der Waals surface area contributed by atoms with Crippen LogP contribution in [0.25, 0.3) is 11.4 Å². The number of hydrogen-bond acceptors (Lipinski definition) is 6. The maximum absolute atomic E-state index is 12.3. The van der Waals surface area contributed by atoms with E-state index in [1.807, 2.05) is 12.1 Å². The predicted molar refractivity (Wildman–Crippen MR) is 94.8 cm³/mol. The fourth-order valence-electron chi connectivity index (χ4n) is 2.82. The first-order valence-corrected chi connectivity index (χ1v) is 8.22. The van der Waals surface area contributed by atoms with Crippen molar-refractivity contribution < 1.29 is 9.53 Å². The van der Waals surface area contributed by atoms with E-state index in [2.05, 4.69) is 21.5 Å². The molecule has 1 aliphatic rings. The van der Waals surface area contributed by atoms with Crippen LogP contribution in [-0.2, 0) is 9.53 Å². The van der Waals surface area contributed by atoms with Gasteiger partial charge in [0.25, 0.3) is 0 Å². The molecule has 2 N–H and O–H groups in total. The van der Waals surface area contributed by atoms with Gasteiger partial charge in [0.1, 0.15) is 6.33 Å². The Kier molecular flexibility index (Phi) is 5.25. The highest BCUT2D eigenvalue weighted by molar-refractivity contribution is 6.31. The van der Waals surface area contributed by atoms with Gasteiger partial charge in [0, 0.05) is 23.7 Å². The van der Waals surface area contributed by atoms with Gasteiger partial charge in [0.2, 0.25) is 11.9 Å². The lowest BCUT2D eigenvalue weighted by Gasteiger charge is -2.29. The molecular formula is C17H18ClN5O2. The number of rotatable bonds is 3. The second-order valence-electron chi connectivity index (χ2n) is 5.62. The van der Waals surface area contributed by atoms with E-state index in [4.69, 9.17) is 22.1 Å². The lowest BCUT2D eigenvalue weighted by atomic mass is 10.0. The van der Waals surface area contributed by atoms with E-state index in [0.29, 0.717) is 36.2 Å². The Balaban J connectivity index is 2.03. The lowest BCUT2D eigenvalue weighted by Crippen LogP contribution is -2.35. The number of carbonyl (C=O) groups excluding carboxylic acids is 1. The van der Waals surface area contributed by atoms with E-state index in [0.717, 1.165) is 12.0 Å². The number of ether oxygens (including phenoxy) is 1.